The van der Waals surface area contributed by atoms with Crippen LogP contribution in [0, 0.1) is 0 Å². The summed E-state index contributed by atoms with van der Waals surface area (Å²) in [5, 5.41) is 26.3. The van der Waals surface area contributed by atoms with Crippen LogP contribution in [0.3, 0.4) is 0 Å². The van der Waals surface area contributed by atoms with Crippen molar-refractivity contribution >= 4 is 63.8 Å². The molecule has 0 bridgehead atoms. The number of carboxylic acid groups (broad SMARTS) is 2. The molecule has 0 aromatic carbocycles. The number of rotatable bonds is 10. The van der Waals surface area contributed by atoms with Crippen LogP contribution >= 0.6 is 23.3 Å². The Kier molecular flexibility index (Phi) is 7.82. The molecule has 6 N–H and O–H groups in total. The van der Waals surface area contributed by atoms with Gasteiger partial charge in [0.1, 0.15) is 17.1 Å². The molecule has 3 amide bonds. The molecule has 2 aromatic heterocycles. The number of amides is 3. The first-order valence-electron chi connectivity index (χ1n) is 10.6. The summed E-state index contributed by atoms with van der Waals surface area (Å²) in [6.07, 6.45) is 2.89. The van der Waals surface area contributed by atoms with Gasteiger partial charge < -0.3 is 31.4 Å². The standard InChI is InChI=1S/C20H18N8O8S2/c21-20-25-14(27-38-20)11(26-36-6-10(29)30)16(32)24-12-17(33)28-13(19(34)35)9(7-37-18(12)28)5-23-15(31)8-1-3-22-4-2-8/h1-4,12,18H,5-7H2,(H,23,31)(H,24,32)(H,29,30)(H,34,35)(H2,21,25,27)/t12?,18-/m0/s1. The van der Waals surface area contributed by atoms with Crippen molar-refractivity contribution in [2.45, 2.75) is 11.4 Å². The molecule has 2 aliphatic heterocycles. The van der Waals surface area contributed by atoms with E-state index in [4.69, 9.17) is 10.8 Å². The Labute approximate surface area is 221 Å². The summed E-state index contributed by atoms with van der Waals surface area (Å²) < 4.78 is 3.85. The van der Waals surface area contributed by atoms with Gasteiger partial charge in [-0.25, -0.2) is 9.59 Å². The van der Waals surface area contributed by atoms with E-state index in [-0.39, 0.29) is 29.0 Å². The molecule has 16 nitrogen and oxygen atoms in total. The monoisotopic (exact) mass is 562 g/mol. The minimum absolute atomic E-state index is 0.00672. The van der Waals surface area contributed by atoms with Crippen LogP contribution in [0.1, 0.15) is 16.2 Å². The number of carboxylic acids is 2. The quantitative estimate of drug-likeness (QED) is 0.126. The number of fused-ring (bicyclic) bond motifs is 1. The number of nitrogen functional groups attached to an aromatic ring is 1. The van der Waals surface area contributed by atoms with Crippen LogP contribution in [-0.4, -0.2) is 95.1 Å². The lowest BCUT2D eigenvalue weighted by Gasteiger charge is -2.49. The maximum atomic E-state index is 12.9. The molecule has 0 spiro atoms. The lowest BCUT2D eigenvalue weighted by Crippen LogP contribution is -2.71. The van der Waals surface area contributed by atoms with Gasteiger partial charge in [-0.15, -0.1) is 11.8 Å². The number of hydrogen-bond acceptors (Lipinski definition) is 13. The van der Waals surface area contributed by atoms with Gasteiger partial charge in [0.15, 0.2) is 5.13 Å². The molecular formula is C20H18N8O8S2. The molecule has 18 heteroatoms. The third kappa shape index (κ3) is 5.54. The van der Waals surface area contributed by atoms with Crippen LogP contribution in [0.15, 0.2) is 41.0 Å². The number of pyridine rings is 1. The maximum absolute atomic E-state index is 12.9. The number of hydrogen-bond donors (Lipinski definition) is 5. The van der Waals surface area contributed by atoms with Crippen LogP contribution in [0.4, 0.5) is 5.13 Å². The number of aliphatic carboxylic acids is 2. The highest BCUT2D eigenvalue weighted by atomic mass is 32.2. The number of nitrogens with zero attached hydrogens (tertiary/aromatic N) is 5. The SMILES string of the molecule is Nc1nc(C(=NOCC(=O)O)C(=O)NC2C(=O)N3C(C(=O)O)=C(CNC(=O)c4ccncc4)CS[C@@H]23)ns1. The van der Waals surface area contributed by atoms with Gasteiger partial charge in [0.05, 0.1) is 0 Å². The summed E-state index contributed by atoms with van der Waals surface area (Å²) in [6.45, 7) is -0.962. The molecular weight excluding hydrogens is 544 g/mol. The van der Waals surface area contributed by atoms with Gasteiger partial charge in [0.2, 0.25) is 18.1 Å². The Balaban J connectivity index is 1.47. The van der Waals surface area contributed by atoms with Crippen LogP contribution in [0.2, 0.25) is 0 Å². The van der Waals surface area contributed by atoms with Crippen LogP contribution in [0.5, 0.6) is 0 Å². The van der Waals surface area contributed by atoms with Crippen molar-refractivity contribution in [3.63, 3.8) is 0 Å². The second kappa shape index (κ2) is 11.2. The van der Waals surface area contributed by atoms with Gasteiger partial charge in [-0.3, -0.25) is 24.3 Å². The minimum Gasteiger partial charge on any atom is -0.479 e. The lowest BCUT2D eigenvalue weighted by atomic mass is 10.0. The molecule has 198 valence electrons. The third-order valence-electron chi connectivity index (χ3n) is 5.15. The smallest absolute Gasteiger partial charge is 0.352 e. The number of carbonyl (C=O) groups excluding carboxylic acids is 3. The molecule has 4 rings (SSSR count). The molecule has 0 saturated carbocycles. The Morgan fingerprint density at radius 1 is 1.24 bits per heavy atom. The Hall–Kier alpha value is -4.58. The van der Waals surface area contributed by atoms with Crippen molar-refractivity contribution in [3.8, 4) is 0 Å². The third-order valence-corrected chi connectivity index (χ3v) is 7.04. The fourth-order valence-corrected chi connectivity index (χ4v) is 5.27. The van der Waals surface area contributed by atoms with Crippen LogP contribution in [-0.2, 0) is 24.0 Å². The average molecular weight is 563 g/mol. The van der Waals surface area contributed by atoms with E-state index in [1.807, 2.05) is 0 Å². The number of carbonyl (C=O) groups is 5. The average Bonchev–Trinajstić information content (AvgIpc) is 3.33. The zero-order chi connectivity index (χ0) is 27.4. The van der Waals surface area contributed by atoms with Gasteiger partial charge in [-0.2, -0.15) is 9.36 Å². The van der Waals surface area contributed by atoms with Gasteiger partial charge in [0, 0.05) is 41.8 Å². The number of anilines is 1. The Bertz CT molecular complexity index is 1360. The molecule has 2 aliphatic rings. The molecule has 1 fully saturated rings. The molecule has 38 heavy (non-hydrogen) atoms. The summed E-state index contributed by atoms with van der Waals surface area (Å²) in [5.74, 6) is -4.90. The number of nitrogens with two attached hydrogens (primary N) is 1. The van der Waals surface area contributed by atoms with Crippen LogP contribution in [0.25, 0.3) is 0 Å². The highest BCUT2D eigenvalue weighted by Crippen LogP contribution is 2.40. The lowest BCUT2D eigenvalue weighted by molar-refractivity contribution is -0.150. The predicted octanol–water partition coefficient (Wildman–Crippen LogP) is -1.51. The molecule has 1 saturated heterocycles. The van der Waals surface area contributed by atoms with E-state index in [2.05, 4.69) is 35.0 Å². The molecule has 2 aromatic rings. The van der Waals surface area contributed by atoms with Crippen molar-refractivity contribution in [2.75, 3.05) is 24.6 Å². The Morgan fingerprint density at radius 3 is 2.61 bits per heavy atom. The second-order valence-corrected chi connectivity index (χ2v) is 9.49. The molecule has 1 unspecified atom stereocenters. The Morgan fingerprint density at radius 2 is 1.97 bits per heavy atom. The normalized spacial score (nSPS) is 18.8. The first-order valence-corrected chi connectivity index (χ1v) is 12.4. The van der Waals surface area contributed by atoms with Crippen LogP contribution < -0.4 is 16.4 Å². The van der Waals surface area contributed by atoms with Crippen molar-refractivity contribution in [3.05, 3.63) is 47.2 Å². The van der Waals surface area contributed by atoms with Gasteiger partial charge >= 0.3 is 11.9 Å². The molecule has 0 radical (unpaired) electrons. The minimum atomic E-state index is -1.37. The number of β-lactam (4-membered cyclic amide) rings is 1. The van der Waals surface area contributed by atoms with Gasteiger partial charge in [-0.05, 0) is 17.7 Å². The highest BCUT2D eigenvalue weighted by molar-refractivity contribution is 8.00. The maximum Gasteiger partial charge on any atom is 0.352 e. The summed E-state index contributed by atoms with van der Waals surface area (Å²) >= 11 is 1.94. The predicted molar refractivity (Wildman–Crippen MR) is 131 cm³/mol. The van der Waals surface area contributed by atoms with Crippen molar-refractivity contribution in [1.29, 1.82) is 0 Å². The zero-order valence-electron chi connectivity index (χ0n) is 19.1. The summed E-state index contributed by atoms with van der Waals surface area (Å²) in [7, 11) is 0. The number of oxime groups is 1. The highest BCUT2D eigenvalue weighted by Gasteiger charge is 2.54. The van der Waals surface area contributed by atoms with E-state index >= 15 is 0 Å². The molecule has 2 atom stereocenters. The van der Waals surface area contributed by atoms with Gasteiger partial charge in [0.25, 0.3) is 17.7 Å². The fourth-order valence-electron chi connectivity index (χ4n) is 3.49. The topological polar surface area (TPSA) is 239 Å². The van der Waals surface area contributed by atoms with E-state index in [0.717, 1.165) is 16.4 Å². The molecule has 0 aliphatic carbocycles. The summed E-state index contributed by atoms with van der Waals surface area (Å²) in [6, 6.07) is 1.87. The zero-order valence-corrected chi connectivity index (χ0v) is 20.7. The summed E-state index contributed by atoms with van der Waals surface area (Å²) in [4.78, 5) is 74.2. The number of aromatic nitrogens is 3. The largest absolute Gasteiger partial charge is 0.479 e. The van der Waals surface area contributed by atoms with Crippen molar-refractivity contribution < 1.29 is 39.0 Å². The van der Waals surface area contributed by atoms with E-state index in [1.54, 1.807) is 0 Å². The van der Waals surface area contributed by atoms with E-state index in [0.29, 0.717) is 11.1 Å². The van der Waals surface area contributed by atoms with E-state index < -0.39 is 53.4 Å². The van der Waals surface area contributed by atoms with E-state index in [1.165, 1.54) is 36.3 Å². The van der Waals surface area contributed by atoms with Crippen molar-refractivity contribution in [2.24, 2.45) is 5.16 Å². The number of thioether (sulfide) groups is 1. The fraction of sp³-hybridized carbons (Fsp3) is 0.250. The summed E-state index contributed by atoms with van der Waals surface area (Å²) in [5.41, 5.74) is 5.39. The molecule has 4 heterocycles. The van der Waals surface area contributed by atoms with Gasteiger partial charge in [-0.1, -0.05) is 5.16 Å². The second-order valence-electron chi connectivity index (χ2n) is 7.60. The van der Waals surface area contributed by atoms with E-state index in [9.17, 15) is 29.1 Å². The first kappa shape index (κ1) is 26.5. The number of nitrogens with one attached hydrogen (secondary N) is 2. The first-order chi connectivity index (χ1) is 18.2. The van der Waals surface area contributed by atoms with Crippen molar-refractivity contribution in [1.82, 2.24) is 29.9 Å².